The Morgan fingerprint density at radius 3 is 2.50 bits per heavy atom. The summed E-state index contributed by atoms with van der Waals surface area (Å²) >= 11 is 0. The van der Waals surface area contributed by atoms with E-state index in [1.807, 2.05) is 12.4 Å². The van der Waals surface area contributed by atoms with Crippen LogP contribution in [0.4, 0.5) is 5.82 Å². The van der Waals surface area contributed by atoms with Crippen molar-refractivity contribution >= 4 is 5.82 Å². The van der Waals surface area contributed by atoms with Crippen LogP contribution in [0.2, 0.25) is 0 Å². The zero-order chi connectivity index (χ0) is 16.2. The first-order chi connectivity index (χ1) is 11.9. The number of aromatic nitrogens is 3. The van der Waals surface area contributed by atoms with Crippen LogP contribution in [0, 0.1) is 0 Å². The van der Waals surface area contributed by atoms with E-state index in [1.165, 1.54) is 81.0 Å². The standard InChI is InChI=1S/C20H28N4/c1-2-4-10-17(9-3-1)23-19-13-16(11-12-21-19)18-14-22-24-20(18)15-7-5-6-8-15/h11-15,17H,1-10H2,(H,21,23)(H,22,24). The molecule has 2 N–H and O–H groups in total. The van der Waals surface area contributed by atoms with E-state index in [2.05, 4.69) is 32.6 Å². The molecule has 0 aliphatic heterocycles. The van der Waals surface area contributed by atoms with Gasteiger partial charge < -0.3 is 5.32 Å². The maximum absolute atomic E-state index is 4.56. The summed E-state index contributed by atoms with van der Waals surface area (Å²) in [4.78, 5) is 4.56. The Balaban J connectivity index is 1.53. The lowest BCUT2D eigenvalue weighted by Crippen LogP contribution is -2.18. The van der Waals surface area contributed by atoms with Gasteiger partial charge in [0, 0.05) is 29.4 Å². The first-order valence-electron chi connectivity index (χ1n) is 9.66. The van der Waals surface area contributed by atoms with E-state index < -0.39 is 0 Å². The molecule has 4 nitrogen and oxygen atoms in total. The van der Waals surface area contributed by atoms with E-state index in [-0.39, 0.29) is 0 Å². The molecule has 0 radical (unpaired) electrons. The molecule has 0 saturated heterocycles. The average molecular weight is 324 g/mol. The van der Waals surface area contributed by atoms with Gasteiger partial charge in [-0.15, -0.1) is 0 Å². The van der Waals surface area contributed by atoms with Gasteiger partial charge in [0.05, 0.1) is 6.20 Å². The Kier molecular flexibility index (Phi) is 4.81. The number of anilines is 1. The van der Waals surface area contributed by atoms with Gasteiger partial charge in [-0.2, -0.15) is 5.10 Å². The molecule has 2 aliphatic carbocycles. The quantitative estimate of drug-likeness (QED) is 0.754. The minimum atomic E-state index is 0.578. The molecule has 2 saturated carbocycles. The Bertz CT molecular complexity index is 649. The summed E-state index contributed by atoms with van der Waals surface area (Å²) in [7, 11) is 0. The Morgan fingerprint density at radius 2 is 1.71 bits per heavy atom. The molecular formula is C20H28N4. The van der Waals surface area contributed by atoms with Crippen LogP contribution in [-0.4, -0.2) is 21.2 Å². The SMILES string of the molecule is c1cc(-c2cn[nH]c2C2CCCC2)cc(NC2CCCCCC2)n1. The van der Waals surface area contributed by atoms with E-state index in [9.17, 15) is 0 Å². The number of nitrogens with zero attached hydrogens (tertiary/aromatic N) is 2. The average Bonchev–Trinajstić information content (AvgIpc) is 3.23. The largest absolute Gasteiger partial charge is 0.367 e. The Hall–Kier alpha value is -1.84. The van der Waals surface area contributed by atoms with E-state index in [4.69, 9.17) is 0 Å². The first-order valence-corrected chi connectivity index (χ1v) is 9.66. The number of aromatic amines is 1. The molecule has 2 aromatic heterocycles. The maximum atomic E-state index is 4.56. The zero-order valence-corrected chi connectivity index (χ0v) is 14.4. The molecule has 128 valence electrons. The molecule has 2 aromatic rings. The topological polar surface area (TPSA) is 53.6 Å². The molecule has 24 heavy (non-hydrogen) atoms. The summed E-state index contributed by atoms with van der Waals surface area (Å²) in [5.41, 5.74) is 3.81. The third kappa shape index (κ3) is 3.47. The molecule has 4 heteroatoms. The third-order valence-electron chi connectivity index (χ3n) is 5.71. The fraction of sp³-hybridized carbons (Fsp3) is 0.600. The van der Waals surface area contributed by atoms with Crippen molar-refractivity contribution in [3.05, 3.63) is 30.2 Å². The van der Waals surface area contributed by atoms with Crippen molar-refractivity contribution in [1.82, 2.24) is 15.2 Å². The Morgan fingerprint density at radius 1 is 0.958 bits per heavy atom. The van der Waals surface area contributed by atoms with Crippen LogP contribution in [-0.2, 0) is 0 Å². The van der Waals surface area contributed by atoms with Gasteiger partial charge in [-0.3, -0.25) is 5.10 Å². The van der Waals surface area contributed by atoms with Crippen molar-refractivity contribution in [2.45, 2.75) is 76.2 Å². The highest BCUT2D eigenvalue weighted by Gasteiger charge is 2.22. The van der Waals surface area contributed by atoms with E-state index in [0.29, 0.717) is 12.0 Å². The summed E-state index contributed by atoms with van der Waals surface area (Å²) < 4.78 is 0. The molecule has 2 heterocycles. The number of hydrogen-bond acceptors (Lipinski definition) is 3. The van der Waals surface area contributed by atoms with E-state index >= 15 is 0 Å². The van der Waals surface area contributed by atoms with Crippen molar-refractivity contribution in [3.8, 4) is 11.1 Å². The minimum Gasteiger partial charge on any atom is -0.367 e. The van der Waals surface area contributed by atoms with Gasteiger partial charge in [-0.1, -0.05) is 38.5 Å². The number of hydrogen-bond donors (Lipinski definition) is 2. The first kappa shape index (κ1) is 15.7. The number of pyridine rings is 1. The van der Waals surface area contributed by atoms with Crippen LogP contribution in [0.3, 0.4) is 0 Å². The van der Waals surface area contributed by atoms with Gasteiger partial charge in [0.1, 0.15) is 5.82 Å². The summed E-state index contributed by atoms with van der Waals surface area (Å²) in [5, 5.41) is 11.3. The lowest BCUT2D eigenvalue weighted by molar-refractivity contribution is 0.618. The smallest absolute Gasteiger partial charge is 0.126 e. The van der Waals surface area contributed by atoms with Crippen molar-refractivity contribution in [1.29, 1.82) is 0 Å². The summed E-state index contributed by atoms with van der Waals surface area (Å²) in [6, 6.07) is 4.89. The van der Waals surface area contributed by atoms with Crippen molar-refractivity contribution in [3.63, 3.8) is 0 Å². The zero-order valence-electron chi connectivity index (χ0n) is 14.4. The fourth-order valence-electron chi connectivity index (χ4n) is 4.36. The molecule has 0 bridgehead atoms. The van der Waals surface area contributed by atoms with Gasteiger partial charge in [0.15, 0.2) is 0 Å². The number of nitrogens with one attached hydrogen (secondary N) is 2. The number of rotatable bonds is 4. The minimum absolute atomic E-state index is 0.578. The third-order valence-corrected chi connectivity index (χ3v) is 5.71. The van der Waals surface area contributed by atoms with E-state index in [1.54, 1.807) is 0 Å². The highest BCUT2D eigenvalue weighted by atomic mass is 15.1. The highest BCUT2D eigenvalue weighted by Crippen LogP contribution is 2.38. The van der Waals surface area contributed by atoms with Gasteiger partial charge in [-0.25, -0.2) is 4.98 Å². The molecular weight excluding hydrogens is 296 g/mol. The molecule has 4 rings (SSSR count). The lowest BCUT2D eigenvalue weighted by Gasteiger charge is -2.17. The molecule has 2 aliphatic rings. The van der Waals surface area contributed by atoms with Gasteiger partial charge in [0.25, 0.3) is 0 Å². The molecule has 0 unspecified atom stereocenters. The summed E-state index contributed by atoms with van der Waals surface area (Å²) in [6.07, 6.45) is 17.1. The molecule has 0 spiro atoms. The van der Waals surface area contributed by atoms with Crippen LogP contribution >= 0.6 is 0 Å². The molecule has 0 atom stereocenters. The lowest BCUT2D eigenvalue weighted by atomic mass is 9.97. The second-order valence-corrected chi connectivity index (χ2v) is 7.44. The monoisotopic (exact) mass is 324 g/mol. The maximum Gasteiger partial charge on any atom is 0.126 e. The van der Waals surface area contributed by atoms with Crippen molar-refractivity contribution < 1.29 is 0 Å². The van der Waals surface area contributed by atoms with Crippen molar-refractivity contribution in [2.24, 2.45) is 0 Å². The molecule has 0 amide bonds. The highest BCUT2D eigenvalue weighted by molar-refractivity contribution is 5.68. The second kappa shape index (κ2) is 7.37. The van der Waals surface area contributed by atoms with Gasteiger partial charge in [-0.05, 0) is 43.4 Å². The summed E-state index contributed by atoms with van der Waals surface area (Å²) in [5.74, 6) is 1.66. The van der Waals surface area contributed by atoms with E-state index in [0.717, 1.165) is 5.82 Å². The predicted molar refractivity (Wildman–Crippen MR) is 98.1 cm³/mol. The van der Waals surface area contributed by atoms with Gasteiger partial charge in [0.2, 0.25) is 0 Å². The van der Waals surface area contributed by atoms with Crippen LogP contribution in [0.15, 0.2) is 24.5 Å². The molecule has 2 fully saturated rings. The second-order valence-electron chi connectivity index (χ2n) is 7.44. The predicted octanol–water partition coefficient (Wildman–Crippen LogP) is 5.26. The van der Waals surface area contributed by atoms with Crippen LogP contribution in [0.25, 0.3) is 11.1 Å². The van der Waals surface area contributed by atoms with Crippen LogP contribution in [0.1, 0.15) is 75.8 Å². The van der Waals surface area contributed by atoms with Crippen LogP contribution in [0.5, 0.6) is 0 Å². The van der Waals surface area contributed by atoms with Crippen LogP contribution < -0.4 is 5.32 Å². The number of H-pyrrole nitrogens is 1. The Labute approximate surface area is 144 Å². The summed E-state index contributed by atoms with van der Waals surface area (Å²) in [6.45, 7) is 0. The fourth-order valence-corrected chi connectivity index (χ4v) is 4.36. The van der Waals surface area contributed by atoms with Crippen molar-refractivity contribution in [2.75, 3.05) is 5.32 Å². The molecule has 0 aromatic carbocycles. The van der Waals surface area contributed by atoms with Gasteiger partial charge >= 0.3 is 0 Å². The normalized spacial score (nSPS) is 20.2.